The van der Waals surface area contributed by atoms with E-state index >= 15 is 0 Å². The summed E-state index contributed by atoms with van der Waals surface area (Å²) < 4.78 is 0. The molecule has 0 nitrogen and oxygen atoms in total. The summed E-state index contributed by atoms with van der Waals surface area (Å²) >= 11 is 12.2. The van der Waals surface area contributed by atoms with Crippen molar-refractivity contribution in [2.24, 2.45) is 0 Å². The van der Waals surface area contributed by atoms with Crippen molar-refractivity contribution in [3.8, 4) is 0 Å². The lowest BCUT2D eigenvalue weighted by molar-refractivity contribution is 0.858. The maximum atomic E-state index is 5.44. The van der Waals surface area contributed by atoms with E-state index in [0.29, 0.717) is 0 Å². The number of halogens is 2. The van der Waals surface area contributed by atoms with Crippen LogP contribution < -0.4 is 0 Å². The van der Waals surface area contributed by atoms with Gasteiger partial charge in [0, 0.05) is 0 Å². The van der Waals surface area contributed by atoms with Crippen molar-refractivity contribution in [2.45, 2.75) is 23.0 Å². The van der Waals surface area contributed by atoms with Gasteiger partial charge in [-0.1, -0.05) is 6.42 Å². The second-order valence-electron chi connectivity index (χ2n) is 1.53. The van der Waals surface area contributed by atoms with Crippen molar-refractivity contribution >= 4 is 39.5 Å². The van der Waals surface area contributed by atoms with Gasteiger partial charge >= 0.3 is 0 Å². The van der Waals surface area contributed by atoms with Crippen LogP contribution in [0.5, 0.6) is 0 Å². The largest absolute Gasteiger partial charge is 0.211 e. The molecule has 0 unspecified atom stereocenters. The van der Waals surface area contributed by atoms with Crippen LogP contribution in [0.15, 0.2) is 0 Å². The predicted octanol–water partition coefficient (Wildman–Crippen LogP) is 1.62. The molecule has 0 aliphatic carbocycles. The molecule has 0 fully saturated rings. The van der Waals surface area contributed by atoms with Gasteiger partial charge in [0.15, 0.2) is 0 Å². The molecule has 0 aromatic carbocycles. The molecule has 0 saturated carbocycles. The summed E-state index contributed by atoms with van der Waals surface area (Å²) in [6.45, 7) is 0. The van der Waals surface area contributed by atoms with Gasteiger partial charge in [-0.2, -0.15) is 0 Å². The van der Waals surface area contributed by atoms with Gasteiger partial charge in [-0.05, 0) is 6.42 Å². The average Bonchev–Trinajstić information content (AvgIpc) is 1.61. The highest BCUT2D eigenvalue weighted by molar-refractivity contribution is 6.44. The molecule has 0 atom stereocenters. The van der Waals surface area contributed by atoms with E-state index in [2.05, 4.69) is 0 Å². The van der Waals surface area contributed by atoms with Crippen LogP contribution in [0.2, 0.25) is 5.28 Å². The Balaban J connectivity index is 2.68. The van der Waals surface area contributed by atoms with Crippen molar-refractivity contribution in [1.82, 2.24) is 0 Å². The summed E-state index contributed by atoms with van der Waals surface area (Å²) in [4.78, 5) is -0.131. The van der Waals surface area contributed by atoms with Gasteiger partial charge in [0.25, 0.3) is 0 Å². The first-order valence-electron chi connectivity index (χ1n) is 2.55. The molecule has 0 aliphatic rings. The molecule has 0 aromatic heterocycles. The van der Waals surface area contributed by atoms with E-state index in [1.807, 2.05) is 0 Å². The van der Waals surface area contributed by atoms with Crippen molar-refractivity contribution in [3.63, 3.8) is 0 Å². The lowest BCUT2D eigenvalue weighted by Gasteiger charge is -1.94. The zero-order chi connectivity index (χ0) is 5.70. The third-order valence-corrected chi connectivity index (χ3v) is 1.92. The number of hydrogen-bond acceptors (Lipinski definition) is 0. The minimum absolute atomic E-state index is 0.131. The Morgan fingerprint density at radius 2 is 2.00 bits per heavy atom. The van der Waals surface area contributed by atoms with E-state index in [1.54, 1.807) is 0 Å². The Kier molecular flexibility index (Phi) is 6.09. The molecule has 0 saturated heterocycles. The normalized spacial score (nSPS) is 10.1. The molecule has 0 bridgehead atoms. The first-order valence-corrected chi connectivity index (χ1v) is 4.84. The number of hydrogen-bond donors (Lipinski definition) is 0. The fraction of sp³-hybridized carbons (Fsp3) is 1.00. The molecule has 0 aromatic rings. The third-order valence-electron chi connectivity index (χ3n) is 0.776. The predicted molar refractivity (Wildman–Crippen MR) is 38.1 cm³/mol. The molecule has 0 aliphatic heterocycles. The summed E-state index contributed by atoms with van der Waals surface area (Å²) in [5.41, 5.74) is 0. The Bertz CT molecular complexity index is 38.7. The molecular weight excluding hydrogens is 146 g/mol. The third kappa shape index (κ3) is 7.11. The molecule has 0 heterocycles. The molecular formula is C4H9AlCl2. The molecule has 7 heavy (non-hydrogen) atoms. The van der Waals surface area contributed by atoms with Gasteiger partial charge in [-0.3, -0.25) is 0 Å². The maximum Gasteiger partial charge on any atom is 0.211 e. The lowest BCUT2D eigenvalue weighted by Crippen LogP contribution is -1.84. The van der Waals surface area contributed by atoms with Crippen LogP contribution in [0, 0.1) is 0 Å². The van der Waals surface area contributed by atoms with E-state index in [9.17, 15) is 0 Å². The first-order chi connectivity index (χ1) is 3.27. The first kappa shape index (κ1) is 8.11. The zero-order valence-corrected chi connectivity index (χ0v) is 7.97. The van der Waals surface area contributed by atoms with Gasteiger partial charge < -0.3 is 0 Å². The highest BCUT2D eigenvalue weighted by Crippen LogP contribution is 2.09. The van der Waals surface area contributed by atoms with Crippen LogP contribution in [0.4, 0.5) is 0 Å². The highest BCUT2D eigenvalue weighted by Gasteiger charge is 1.93. The van der Waals surface area contributed by atoms with Crippen LogP contribution in [-0.4, -0.2) is 21.1 Å². The van der Waals surface area contributed by atoms with E-state index in [0.717, 1.165) is 6.42 Å². The van der Waals surface area contributed by atoms with Crippen molar-refractivity contribution in [2.75, 3.05) is 0 Å². The van der Waals surface area contributed by atoms with Crippen LogP contribution in [-0.2, 0) is 0 Å². The van der Waals surface area contributed by atoms with Gasteiger partial charge in [-0.25, -0.2) is 0 Å². The smallest absolute Gasteiger partial charge is 0.105 e. The lowest BCUT2D eigenvalue weighted by atomic mass is 10.4. The van der Waals surface area contributed by atoms with Gasteiger partial charge in [0.2, 0.25) is 16.3 Å². The van der Waals surface area contributed by atoms with Crippen LogP contribution in [0.25, 0.3) is 0 Å². The van der Waals surface area contributed by atoms with Crippen LogP contribution in [0.3, 0.4) is 0 Å². The maximum absolute atomic E-state index is 5.44. The van der Waals surface area contributed by atoms with Crippen molar-refractivity contribution < 1.29 is 0 Å². The van der Waals surface area contributed by atoms with Gasteiger partial charge in [0.1, 0.15) is 4.84 Å². The van der Waals surface area contributed by atoms with Crippen molar-refractivity contribution in [3.05, 3.63) is 0 Å². The molecule has 0 rings (SSSR count). The average molecular weight is 155 g/mol. The second-order valence-corrected chi connectivity index (χ2v) is 3.81. The van der Waals surface area contributed by atoms with Gasteiger partial charge in [0.05, 0.1) is 0 Å². The summed E-state index contributed by atoms with van der Waals surface area (Å²) in [7, 11) is 0. The van der Waals surface area contributed by atoms with E-state index in [-0.39, 0.29) is 4.84 Å². The SMILES string of the molecule is [AlH2][CH2]CCC(Cl)Cl. The number of rotatable bonds is 3. The van der Waals surface area contributed by atoms with Crippen LogP contribution >= 0.6 is 23.2 Å². The summed E-state index contributed by atoms with van der Waals surface area (Å²) in [6, 6.07) is 0. The Hall–Kier alpha value is 1.11. The zero-order valence-electron chi connectivity index (χ0n) is 4.45. The Morgan fingerprint density at radius 1 is 1.43 bits per heavy atom. The number of alkyl halides is 2. The Morgan fingerprint density at radius 3 is 2.14 bits per heavy atom. The minimum atomic E-state index is -0.131. The summed E-state index contributed by atoms with van der Waals surface area (Å²) in [6.07, 6.45) is 2.16. The van der Waals surface area contributed by atoms with E-state index in [1.165, 1.54) is 28.0 Å². The van der Waals surface area contributed by atoms with Gasteiger partial charge in [-0.15, -0.1) is 28.5 Å². The van der Waals surface area contributed by atoms with E-state index < -0.39 is 0 Å². The monoisotopic (exact) mass is 154 g/mol. The molecule has 3 heteroatoms. The van der Waals surface area contributed by atoms with Crippen LogP contribution in [0.1, 0.15) is 12.8 Å². The quantitative estimate of drug-likeness (QED) is 0.429. The van der Waals surface area contributed by atoms with Crippen molar-refractivity contribution in [1.29, 1.82) is 0 Å². The highest BCUT2D eigenvalue weighted by atomic mass is 35.5. The molecule has 42 valence electrons. The summed E-state index contributed by atoms with van der Waals surface area (Å²) in [5, 5.41) is 1.32. The Labute approximate surface area is 62.6 Å². The molecule has 0 spiro atoms. The molecule has 0 N–H and O–H groups in total. The molecule has 0 amide bonds. The fourth-order valence-corrected chi connectivity index (χ4v) is 1.08. The minimum Gasteiger partial charge on any atom is -0.105 e. The molecule has 0 radical (unpaired) electrons. The fourth-order valence-electron chi connectivity index (χ4n) is 0.358. The second kappa shape index (κ2) is 5.25. The van der Waals surface area contributed by atoms with E-state index in [4.69, 9.17) is 23.2 Å². The standard InChI is InChI=1S/C4H7Cl2.Al.2H/c1-2-3-4(5)6;;;/h4H,1-3H2;;;. The summed E-state index contributed by atoms with van der Waals surface area (Å²) in [5.74, 6) is 0. The topological polar surface area (TPSA) is 0 Å².